The van der Waals surface area contributed by atoms with Gasteiger partial charge in [-0.3, -0.25) is 14.9 Å². The minimum atomic E-state index is -1.04. The highest BCUT2D eigenvalue weighted by molar-refractivity contribution is 5.94. The Morgan fingerprint density at radius 2 is 2.15 bits per heavy atom. The zero-order chi connectivity index (χ0) is 15.3. The Balaban J connectivity index is 3.00. The number of carbonyl (C=O) groups excluding carboxylic acids is 1. The third kappa shape index (κ3) is 3.74. The Bertz CT molecular complexity index is 505. The van der Waals surface area contributed by atoms with Crippen LogP contribution in [0.1, 0.15) is 30.6 Å². The quantitative estimate of drug-likeness (QED) is 0.639. The van der Waals surface area contributed by atoms with Crippen molar-refractivity contribution < 1.29 is 19.2 Å². The van der Waals surface area contributed by atoms with E-state index in [0.717, 1.165) is 12.1 Å². The lowest BCUT2D eigenvalue weighted by atomic mass is 10.1. The number of benzene rings is 1. The molecule has 1 rings (SSSR count). The second-order valence-electron chi connectivity index (χ2n) is 4.59. The Hall–Kier alpha value is -2.02. The molecular formula is C13H17FN2O4. The molecule has 0 aliphatic carbocycles. The molecule has 0 heterocycles. The van der Waals surface area contributed by atoms with Gasteiger partial charge in [0.05, 0.1) is 4.92 Å². The first-order valence-corrected chi connectivity index (χ1v) is 6.24. The van der Waals surface area contributed by atoms with Gasteiger partial charge in [0.1, 0.15) is 0 Å². The molecule has 0 radical (unpaired) electrons. The Labute approximate surface area is 116 Å². The van der Waals surface area contributed by atoms with E-state index in [0.29, 0.717) is 13.0 Å². The maximum absolute atomic E-state index is 13.5. The highest BCUT2D eigenvalue weighted by Gasteiger charge is 2.21. The lowest BCUT2D eigenvalue weighted by molar-refractivity contribution is -0.387. The van der Waals surface area contributed by atoms with Gasteiger partial charge in [-0.05, 0) is 32.4 Å². The maximum atomic E-state index is 13.5. The molecule has 0 fully saturated rings. The van der Waals surface area contributed by atoms with Crippen molar-refractivity contribution in [1.29, 1.82) is 0 Å². The summed E-state index contributed by atoms with van der Waals surface area (Å²) in [7, 11) is 0. The van der Waals surface area contributed by atoms with Gasteiger partial charge in [-0.15, -0.1) is 0 Å². The summed E-state index contributed by atoms with van der Waals surface area (Å²) < 4.78 is 13.5. The number of nitro groups is 1. The van der Waals surface area contributed by atoms with E-state index in [4.69, 9.17) is 5.11 Å². The lowest BCUT2D eigenvalue weighted by Gasteiger charge is -2.26. The van der Waals surface area contributed by atoms with Crippen LogP contribution in [0.25, 0.3) is 0 Å². The van der Waals surface area contributed by atoms with E-state index in [-0.39, 0.29) is 18.2 Å². The largest absolute Gasteiger partial charge is 0.396 e. The zero-order valence-corrected chi connectivity index (χ0v) is 11.4. The molecule has 20 heavy (non-hydrogen) atoms. The van der Waals surface area contributed by atoms with E-state index in [1.54, 1.807) is 13.8 Å². The van der Waals surface area contributed by atoms with Crippen molar-refractivity contribution >= 4 is 11.6 Å². The van der Waals surface area contributed by atoms with Gasteiger partial charge in [-0.25, -0.2) is 0 Å². The normalized spacial score (nSPS) is 10.7. The number of hydrogen-bond donors (Lipinski definition) is 1. The molecule has 0 aromatic heterocycles. The number of carbonyl (C=O) groups is 1. The topological polar surface area (TPSA) is 83.7 Å². The first kappa shape index (κ1) is 16.0. The molecule has 1 N–H and O–H groups in total. The van der Waals surface area contributed by atoms with Crippen molar-refractivity contribution in [2.45, 2.75) is 26.3 Å². The summed E-state index contributed by atoms with van der Waals surface area (Å²) in [5.41, 5.74) is -0.604. The van der Waals surface area contributed by atoms with Gasteiger partial charge in [-0.1, -0.05) is 0 Å². The fourth-order valence-electron chi connectivity index (χ4n) is 1.79. The molecule has 0 saturated carbocycles. The first-order chi connectivity index (χ1) is 9.38. The molecule has 0 unspecified atom stereocenters. The molecule has 1 amide bonds. The number of nitro benzene ring substituents is 1. The van der Waals surface area contributed by atoms with Gasteiger partial charge in [0, 0.05) is 30.8 Å². The highest BCUT2D eigenvalue weighted by Crippen LogP contribution is 2.19. The summed E-state index contributed by atoms with van der Waals surface area (Å²) in [6, 6.07) is 2.96. The number of aliphatic hydroxyl groups is 1. The van der Waals surface area contributed by atoms with Crippen LogP contribution in [-0.4, -0.2) is 40.0 Å². The summed E-state index contributed by atoms with van der Waals surface area (Å²) in [4.78, 5) is 23.4. The van der Waals surface area contributed by atoms with Gasteiger partial charge >= 0.3 is 5.69 Å². The SMILES string of the molecule is CC(C)N(CCCO)C(=O)c1ccc([N+](=O)[O-])c(F)c1. The Kier molecular flexibility index (Phi) is 5.57. The molecule has 0 aliphatic heterocycles. The van der Waals surface area contributed by atoms with Crippen LogP contribution in [0.4, 0.5) is 10.1 Å². The van der Waals surface area contributed by atoms with Crippen LogP contribution in [0.3, 0.4) is 0 Å². The fraction of sp³-hybridized carbons (Fsp3) is 0.462. The van der Waals surface area contributed by atoms with Gasteiger partial charge in [0.2, 0.25) is 5.82 Å². The standard InChI is InChI=1S/C13H17FN2O4/c1-9(2)15(6-3-7-17)13(18)10-4-5-12(16(19)20)11(14)8-10/h4-5,8-9,17H,3,6-7H2,1-2H3. The van der Waals surface area contributed by atoms with Crippen LogP contribution in [0.2, 0.25) is 0 Å². The van der Waals surface area contributed by atoms with Crippen molar-refractivity contribution in [2.24, 2.45) is 0 Å². The molecule has 1 aromatic rings. The number of amides is 1. The van der Waals surface area contributed by atoms with Crippen molar-refractivity contribution in [3.63, 3.8) is 0 Å². The second kappa shape index (κ2) is 6.95. The van der Waals surface area contributed by atoms with Crippen LogP contribution in [0, 0.1) is 15.9 Å². The van der Waals surface area contributed by atoms with E-state index in [9.17, 15) is 19.3 Å². The van der Waals surface area contributed by atoms with Gasteiger partial charge in [0.25, 0.3) is 5.91 Å². The fourth-order valence-corrected chi connectivity index (χ4v) is 1.79. The molecule has 0 atom stereocenters. The summed E-state index contributed by atoms with van der Waals surface area (Å²) >= 11 is 0. The molecule has 0 aliphatic rings. The monoisotopic (exact) mass is 284 g/mol. The molecule has 7 heteroatoms. The predicted octanol–water partition coefficient (Wildman–Crippen LogP) is 1.97. The predicted molar refractivity (Wildman–Crippen MR) is 70.9 cm³/mol. The van der Waals surface area contributed by atoms with Crippen LogP contribution in [0.15, 0.2) is 18.2 Å². The first-order valence-electron chi connectivity index (χ1n) is 6.24. The summed E-state index contributed by atoms with van der Waals surface area (Å²) in [6.45, 7) is 3.89. The number of rotatable bonds is 6. The van der Waals surface area contributed by atoms with Gasteiger partial charge in [-0.2, -0.15) is 4.39 Å². The smallest absolute Gasteiger partial charge is 0.304 e. The van der Waals surface area contributed by atoms with E-state index in [1.165, 1.54) is 11.0 Å². The van der Waals surface area contributed by atoms with E-state index in [2.05, 4.69) is 0 Å². The van der Waals surface area contributed by atoms with Crippen LogP contribution in [0.5, 0.6) is 0 Å². The van der Waals surface area contributed by atoms with E-state index >= 15 is 0 Å². The van der Waals surface area contributed by atoms with Crippen molar-refractivity contribution in [3.05, 3.63) is 39.7 Å². The van der Waals surface area contributed by atoms with Gasteiger partial charge in [0.15, 0.2) is 0 Å². The third-order valence-electron chi connectivity index (χ3n) is 2.83. The average Bonchev–Trinajstić information content (AvgIpc) is 2.37. The van der Waals surface area contributed by atoms with Crippen LogP contribution < -0.4 is 0 Å². The average molecular weight is 284 g/mol. The molecule has 0 spiro atoms. The number of nitrogens with zero attached hydrogens (tertiary/aromatic N) is 2. The van der Waals surface area contributed by atoms with Crippen LogP contribution in [-0.2, 0) is 0 Å². The molecule has 6 nitrogen and oxygen atoms in total. The Morgan fingerprint density at radius 3 is 2.60 bits per heavy atom. The minimum Gasteiger partial charge on any atom is -0.396 e. The third-order valence-corrected chi connectivity index (χ3v) is 2.83. The van der Waals surface area contributed by atoms with E-state index in [1.807, 2.05) is 0 Å². The summed E-state index contributed by atoms with van der Waals surface area (Å²) in [5.74, 6) is -1.45. The Morgan fingerprint density at radius 1 is 1.50 bits per heavy atom. The molecule has 1 aromatic carbocycles. The second-order valence-corrected chi connectivity index (χ2v) is 4.59. The van der Waals surface area contributed by atoms with E-state index < -0.39 is 22.3 Å². The number of halogens is 1. The van der Waals surface area contributed by atoms with Crippen molar-refractivity contribution in [1.82, 2.24) is 4.90 Å². The van der Waals surface area contributed by atoms with Crippen molar-refractivity contribution in [2.75, 3.05) is 13.2 Å². The van der Waals surface area contributed by atoms with Crippen LogP contribution >= 0.6 is 0 Å². The summed E-state index contributed by atoms with van der Waals surface area (Å²) in [5, 5.41) is 19.3. The minimum absolute atomic E-state index is 0.0505. The molecule has 0 bridgehead atoms. The highest BCUT2D eigenvalue weighted by atomic mass is 19.1. The lowest BCUT2D eigenvalue weighted by Crippen LogP contribution is -2.38. The molecule has 0 saturated heterocycles. The summed E-state index contributed by atoms with van der Waals surface area (Å²) in [6.07, 6.45) is 0.416. The molecular weight excluding hydrogens is 267 g/mol. The molecule has 110 valence electrons. The maximum Gasteiger partial charge on any atom is 0.304 e. The zero-order valence-electron chi connectivity index (χ0n) is 11.4. The number of hydrogen-bond acceptors (Lipinski definition) is 4. The van der Waals surface area contributed by atoms with Gasteiger partial charge < -0.3 is 10.0 Å². The van der Waals surface area contributed by atoms with Crippen molar-refractivity contribution in [3.8, 4) is 0 Å². The number of aliphatic hydroxyl groups excluding tert-OH is 1.